The largest absolute Gasteiger partial charge is 0.493 e. The van der Waals surface area contributed by atoms with Crippen molar-refractivity contribution in [2.45, 2.75) is 34.1 Å². The molecule has 22 heavy (non-hydrogen) atoms. The fourth-order valence-corrected chi connectivity index (χ4v) is 2.12. The highest BCUT2D eigenvalue weighted by Crippen LogP contribution is 2.23. The molecular weight excluding hydrogens is 268 g/mol. The monoisotopic (exact) mass is 294 g/mol. The minimum absolute atomic E-state index is 0.578. The highest BCUT2D eigenvalue weighted by atomic mass is 16.5. The van der Waals surface area contributed by atoms with Gasteiger partial charge in [-0.15, -0.1) is 0 Å². The van der Waals surface area contributed by atoms with Crippen molar-refractivity contribution in [3.8, 4) is 5.75 Å². The number of hydrogen-bond acceptors (Lipinski definition) is 1. The standard InChI is InChI=1S/C21H26O/c1-5-16(2)15-22-21-14-18(4)8-12-20(21)13-11-19-9-6-17(3)7-10-19/h6-14,16H,5,15H2,1-4H3/b13-11+. The summed E-state index contributed by atoms with van der Waals surface area (Å²) in [4.78, 5) is 0. The van der Waals surface area contributed by atoms with Gasteiger partial charge in [0.15, 0.2) is 0 Å². The first-order valence-electron chi connectivity index (χ1n) is 8.06. The van der Waals surface area contributed by atoms with Crippen molar-refractivity contribution >= 4 is 12.2 Å². The SMILES string of the molecule is CCC(C)COc1cc(C)ccc1/C=C/c1ccc(C)cc1. The van der Waals surface area contributed by atoms with Gasteiger partial charge < -0.3 is 4.74 Å². The minimum atomic E-state index is 0.578. The van der Waals surface area contributed by atoms with Crippen LogP contribution in [0.2, 0.25) is 0 Å². The van der Waals surface area contributed by atoms with E-state index < -0.39 is 0 Å². The van der Waals surface area contributed by atoms with E-state index in [4.69, 9.17) is 4.74 Å². The van der Waals surface area contributed by atoms with E-state index in [-0.39, 0.29) is 0 Å². The van der Waals surface area contributed by atoms with Crippen LogP contribution in [0.1, 0.15) is 42.5 Å². The summed E-state index contributed by atoms with van der Waals surface area (Å²) < 4.78 is 6.03. The van der Waals surface area contributed by atoms with E-state index in [0.717, 1.165) is 24.3 Å². The highest BCUT2D eigenvalue weighted by Gasteiger charge is 2.04. The smallest absolute Gasteiger partial charge is 0.126 e. The van der Waals surface area contributed by atoms with Crippen molar-refractivity contribution in [1.82, 2.24) is 0 Å². The normalized spacial score (nSPS) is 12.5. The Balaban J connectivity index is 2.17. The van der Waals surface area contributed by atoms with Gasteiger partial charge in [-0.05, 0) is 37.0 Å². The molecule has 1 nitrogen and oxygen atoms in total. The van der Waals surface area contributed by atoms with E-state index in [1.165, 1.54) is 16.7 Å². The van der Waals surface area contributed by atoms with Crippen molar-refractivity contribution in [3.63, 3.8) is 0 Å². The molecule has 2 rings (SSSR count). The highest BCUT2D eigenvalue weighted by molar-refractivity contribution is 5.72. The molecule has 0 saturated heterocycles. The van der Waals surface area contributed by atoms with E-state index in [2.05, 4.69) is 82.3 Å². The molecule has 116 valence electrons. The predicted octanol–water partition coefficient (Wildman–Crippen LogP) is 5.90. The molecule has 0 fully saturated rings. The molecule has 1 atom stereocenters. The second kappa shape index (κ2) is 7.84. The zero-order valence-corrected chi connectivity index (χ0v) is 14.1. The number of hydrogen-bond donors (Lipinski definition) is 0. The first-order chi connectivity index (χ1) is 10.6. The van der Waals surface area contributed by atoms with E-state index in [0.29, 0.717) is 5.92 Å². The Morgan fingerprint density at radius 2 is 1.64 bits per heavy atom. The third-order valence-corrected chi connectivity index (χ3v) is 3.92. The first kappa shape index (κ1) is 16.4. The molecule has 0 aliphatic rings. The van der Waals surface area contributed by atoms with E-state index in [9.17, 15) is 0 Å². The van der Waals surface area contributed by atoms with Crippen LogP contribution in [0.15, 0.2) is 42.5 Å². The topological polar surface area (TPSA) is 9.23 Å². The lowest BCUT2D eigenvalue weighted by atomic mass is 10.1. The summed E-state index contributed by atoms with van der Waals surface area (Å²) in [6.07, 6.45) is 5.41. The molecule has 0 spiro atoms. The molecule has 0 radical (unpaired) electrons. The van der Waals surface area contributed by atoms with E-state index in [1.54, 1.807) is 0 Å². The maximum atomic E-state index is 6.03. The molecule has 0 aliphatic carbocycles. The zero-order chi connectivity index (χ0) is 15.9. The van der Waals surface area contributed by atoms with E-state index in [1.807, 2.05) is 0 Å². The Bertz CT molecular complexity index is 623. The lowest BCUT2D eigenvalue weighted by Crippen LogP contribution is -2.08. The second-order valence-corrected chi connectivity index (χ2v) is 6.11. The molecule has 2 aromatic rings. The lowest BCUT2D eigenvalue weighted by molar-refractivity contribution is 0.256. The summed E-state index contributed by atoms with van der Waals surface area (Å²) in [5.74, 6) is 1.55. The molecule has 0 heterocycles. The summed E-state index contributed by atoms with van der Waals surface area (Å²) >= 11 is 0. The zero-order valence-electron chi connectivity index (χ0n) is 14.1. The van der Waals surface area contributed by atoms with Gasteiger partial charge in [-0.2, -0.15) is 0 Å². The maximum absolute atomic E-state index is 6.03. The second-order valence-electron chi connectivity index (χ2n) is 6.11. The van der Waals surface area contributed by atoms with Gasteiger partial charge in [-0.25, -0.2) is 0 Å². The van der Waals surface area contributed by atoms with Crippen molar-refractivity contribution in [2.24, 2.45) is 5.92 Å². The van der Waals surface area contributed by atoms with Gasteiger partial charge in [0.1, 0.15) is 5.75 Å². The Kier molecular flexibility index (Phi) is 5.83. The van der Waals surface area contributed by atoms with Crippen LogP contribution in [0, 0.1) is 19.8 Å². The van der Waals surface area contributed by atoms with Gasteiger partial charge in [-0.1, -0.05) is 74.4 Å². The number of aryl methyl sites for hydroxylation is 2. The quantitative estimate of drug-likeness (QED) is 0.603. The lowest BCUT2D eigenvalue weighted by Gasteiger charge is -2.13. The third kappa shape index (κ3) is 4.77. The number of rotatable bonds is 6. The van der Waals surface area contributed by atoms with Crippen LogP contribution in [0.25, 0.3) is 12.2 Å². The van der Waals surface area contributed by atoms with Crippen molar-refractivity contribution in [2.75, 3.05) is 6.61 Å². The molecule has 0 aromatic heterocycles. The fraction of sp³-hybridized carbons (Fsp3) is 0.333. The average molecular weight is 294 g/mol. The molecule has 0 saturated carbocycles. The Morgan fingerprint density at radius 3 is 2.32 bits per heavy atom. The van der Waals surface area contributed by atoms with Crippen molar-refractivity contribution in [1.29, 1.82) is 0 Å². The summed E-state index contributed by atoms with van der Waals surface area (Å²) in [5, 5.41) is 0. The van der Waals surface area contributed by atoms with Crippen LogP contribution >= 0.6 is 0 Å². The van der Waals surface area contributed by atoms with Crippen LogP contribution in [-0.2, 0) is 0 Å². The van der Waals surface area contributed by atoms with Gasteiger partial charge in [0.05, 0.1) is 6.61 Å². The molecular formula is C21H26O. The maximum Gasteiger partial charge on any atom is 0.126 e. The summed E-state index contributed by atoms with van der Waals surface area (Å²) in [7, 11) is 0. The minimum Gasteiger partial charge on any atom is -0.493 e. The van der Waals surface area contributed by atoms with Crippen LogP contribution in [0.4, 0.5) is 0 Å². The molecule has 0 aliphatic heterocycles. The summed E-state index contributed by atoms with van der Waals surface area (Å²) in [6.45, 7) is 9.39. The van der Waals surface area contributed by atoms with Crippen LogP contribution in [0.5, 0.6) is 5.75 Å². The number of ether oxygens (including phenoxy) is 1. The van der Waals surface area contributed by atoms with E-state index >= 15 is 0 Å². The van der Waals surface area contributed by atoms with Gasteiger partial charge >= 0.3 is 0 Å². The molecule has 0 N–H and O–H groups in total. The molecule has 2 aromatic carbocycles. The van der Waals surface area contributed by atoms with Crippen LogP contribution in [-0.4, -0.2) is 6.61 Å². The molecule has 0 amide bonds. The first-order valence-corrected chi connectivity index (χ1v) is 8.06. The predicted molar refractivity (Wildman–Crippen MR) is 96.2 cm³/mol. The van der Waals surface area contributed by atoms with Gasteiger partial charge in [0.25, 0.3) is 0 Å². The summed E-state index contributed by atoms with van der Waals surface area (Å²) in [6, 6.07) is 14.9. The Morgan fingerprint density at radius 1 is 0.955 bits per heavy atom. The van der Waals surface area contributed by atoms with Crippen molar-refractivity contribution in [3.05, 3.63) is 64.7 Å². The Hall–Kier alpha value is -2.02. The fourth-order valence-electron chi connectivity index (χ4n) is 2.12. The number of benzene rings is 2. The van der Waals surface area contributed by atoms with Crippen LogP contribution in [0.3, 0.4) is 0 Å². The third-order valence-electron chi connectivity index (χ3n) is 3.92. The van der Waals surface area contributed by atoms with Gasteiger partial charge in [0, 0.05) is 5.56 Å². The molecule has 0 bridgehead atoms. The Labute approximate surface area is 134 Å². The van der Waals surface area contributed by atoms with Crippen molar-refractivity contribution < 1.29 is 4.74 Å². The molecule has 1 unspecified atom stereocenters. The van der Waals surface area contributed by atoms with Gasteiger partial charge in [0.2, 0.25) is 0 Å². The van der Waals surface area contributed by atoms with Gasteiger partial charge in [-0.3, -0.25) is 0 Å². The van der Waals surface area contributed by atoms with Crippen LogP contribution < -0.4 is 4.74 Å². The molecule has 1 heteroatoms. The summed E-state index contributed by atoms with van der Waals surface area (Å²) in [5.41, 5.74) is 4.85. The average Bonchev–Trinajstić information content (AvgIpc) is 2.53.